The van der Waals surface area contributed by atoms with Crippen LogP contribution in [-0.4, -0.2) is 94.6 Å². The summed E-state index contributed by atoms with van der Waals surface area (Å²) in [6.45, 7) is 5.97. The minimum absolute atomic E-state index is 0.0431. The molecule has 1 saturated heterocycles. The van der Waals surface area contributed by atoms with Gasteiger partial charge in [-0.3, -0.25) is 14.4 Å². The second-order valence-electron chi connectivity index (χ2n) is 13.3. The van der Waals surface area contributed by atoms with Crippen LogP contribution in [0, 0.1) is 0 Å². The molecule has 13 nitrogen and oxygen atoms in total. The van der Waals surface area contributed by atoms with Crippen LogP contribution in [0.15, 0.2) is 66.3 Å². The third kappa shape index (κ3) is 11.0. The van der Waals surface area contributed by atoms with Gasteiger partial charge in [-0.05, 0) is 75.9 Å². The fraction of sp³-hybridized carbons (Fsp3) is 0.459. The standard InChI is InChI=1S/C37H46N2O11/c1-22(41)32(35(45)38-27(20-40)16-17-31(43)50-37(2,3)4)39-34(44)26-18-29-33(48-21-47-29)30(19-26)49-36(46)25-14-12-23(13-15-25)8-7-10-24-9-5-6-11-28(24)42/h5-9,11-15,18,22,27,29-30,32-33,40-42H,10,16-17,19-21H2,1-4H3,(H,38,45)(H,39,44). The molecule has 270 valence electrons. The molecule has 2 aliphatic rings. The van der Waals surface area contributed by atoms with Crippen LogP contribution in [0.1, 0.15) is 68.4 Å². The van der Waals surface area contributed by atoms with Crippen molar-refractivity contribution >= 4 is 29.8 Å². The molecular formula is C37H46N2O11. The van der Waals surface area contributed by atoms with Crippen molar-refractivity contribution in [3.05, 3.63) is 82.9 Å². The smallest absolute Gasteiger partial charge is 0.338 e. The van der Waals surface area contributed by atoms with E-state index in [9.17, 15) is 34.5 Å². The van der Waals surface area contributed by atoms with Crippen LogP contribution in [0.2, 0.25) is 0 Å². The number of allylic oxidation sites excluding steroid dienone is 1. The summed E-state index contributed by atoms with van der Waals surface area (Å²) in [5.74, 6) is -2.34. The van der Waals surface area contributed by atoms with Crippen molar-refractivity contribution in [3.63, 3.8) is 0 Å². The molecule has 1 aliphatic carbocycles. The lowest BCUT2D eigenvalue weighted by Gasteiger charge is -2.31. The molecule has 13 heteroatoms. The van der Waals surface area contributed by atoms with Gasteiger partial charge in [-0.2, -0.15) is 0 Å². The Hall–Kier alpha value is -4.56. The Morgan fingerprint density at radius 1 is 1.04 bits per heavy atom. The first-order valence-electron chi connectivity index (χ1n) is 16.5. The second kappa shape index (κ2) is 17.4. The van der Waals surface area contributed by atoms with Crippen LogP contribution in [-0.2, 0) is 39.8 Å². The number of benzene rings is 2. The number of phenolic OH excluding ortho intramolecular Hbond substituents is 1. The highest BCUT2D eigenvalue weighted by Crippen LogP contribution is 2.31. The molecule has 50 heavy (non-hydrogen) atoms. The summed E-state index contributed by atoms with van der Waals surface area (Å²) in [6, 6.07) is 11.6. The van der Waals surface area contributed by atoms with E-state index in [0.29, 0.717) is 6.42 Å². The summed E-state index contributed by atoms with van der Waals surface area (Å²) in [7, 11) is 0. The summed E-state index contributed by atoms with van der Waals surface area (Å²) < 4.78 is 22.3. The third-order valence-corrected chi connectivity index (χ3v) is 8.07. The van der Waals surface area contributed by atoms with Gasteiger partial charge in [0.2, 0.25) is 11.8 Å². The Balaban J connectivity index is 1.35. The van der Waals surface area contributed by atoms with Crippen molar-refractivity contribution in [1.29, 1.82) is 0 Å². The quantitative estimate of drug-likeness (QED) is 0.183. The maximum Gasteiger partial charge on any atom is 0.338 e. The summed E-state index contributed by atoms with van der Waals surface area (Å²) in [5.41, 5.74) is 1.41. The van der Waals surface area contributed by atoms with E-state index in [2.05, 4.69) is 10.6 Å². The van der Waals surface area contributed by atoms with Gasteiger partial charge < -0.3 is 44.9 Å². The zero-order chi connectivity index (χ0) is 36.4. The average Bonchev–Trinajstić information content (AvgIpc) is 3.55. The molecule has 2 aromatic carbocycles. The predicted molar refractivity (Wildman–Crippen MR) is 182 cm³/mol. The SMILES string of the molecule is CC(O)C(NC(=O)C1=CC2OCOC2C(OC(=O)c2ccc(C=CCc3ccccc3O)cc2)C1)C(=O)NC(CO)CCC(=O)OC(C)(C)C. The number of aromatic hydroxyl groups is 1. The van der Waals surface area contributed by atoms with Crippen molar-refractivity contribution in [2.45, 2.75) is 95.5 Å². The fourth-order valence-electron chi connectivity index (χ4n) is 5.49. The maximum absolute atomic E-state index is 13.4. The van der Waals surface area contributed by atoms with E-state index in [1.165, 1.54) is 6.92 Å². The van der Waals surface area contributed by atoms with Crippen molar-refractivity contribution in [2.24, 2.45) is 0 Å². The molecule has 0 aromatic heterocycles. The lowest BCUT2D eigenvalue weighted by molar-refractivity contribution is -0.155. The zero-order valence-corrected chi connectivity index (χ0v) is 28.7. The van der Waals surface area contributed by atoms with Crippen molar-refractivity contribution < 1.29 is 53.4 Å². The number of rotatable bonds is 14. The topological polar surface area (TPSA) is 190 Å². The van der Waals surface area contributed by atoms with Gasteiger partial charge in [0.15, 0.2) is 0 Å². The number of amides is 2. The van der Waals surface area contributed by atoms with Crippen LogP contribution in [0.4, 0.5) is 0 Å². The molecule has 0 spiro atoms. The fourth-order valence-corrected chi connectivity index (χ4v) is 5.49. The molecule has 1 aliphatic heterocycles. The van der Waals surface area contributed by atoms with Gasteiger partial charge in [0.05, 0.1) is 24.3 Å². The molecular weight excluding hydrogens is 648 g/mol. The van der Waals surface area contributed by atoms with Crippen LogP contribution in [0.5, 0.6) is 5.75 Å². The first kappa shape index (κ1) is 38.2. The summed E-state index contributed by atoms with van der Waals surface area (Å²) in [4.78, 5) is 51.8. The van der Waals surface area contributed by atoms with Crippen molar-refractivity contribution in [3.8, 4) is 5.75 Å². The number of nitrogens with one attached hydrogen (secondary N) is 2. The van der Waals surface area contributed by atoms with Crippen LogP contribution < -0.4 is 10.6 Å². The largest absolute Gasteiger partial charge is 0.508 e. The molecule has 6 unspecified atom stereocenters. The first-order chi connectivity index (χ1) is 23.7. The van der Waals surface area contributed by atoms with Crippen LogP contribution in [0.25, 0.3) is 6.08 Å². The lowest BCUT2D eigenvalue weighted by Crippen LogP contribution is -2.55. The predicted octanol–water partition coefficient (Wildman–Crippen LogP) is 2.71. The number of para-hydroxylation sites is 1. The van der Waals surface area contributed by atoms with Crippen molar-refractivity contribution in [1.82, 2.24) is 10.6 Å². The van der Waals surface area contributed by atoms with E-state index in [4.69, 9.17) is 18.9 Å². The number of carbonyl (C=O) groups is 4. The van der Waals surface area contributed by atoms with E-state index in [0.717, 1.165) is 11.1 Å². The Morgan fingerprint density at radius 3 is 2.42 bits per heavy atom. The highest BCUT2D eigenvalue weighted by Gasteiger charge is 2.43. The number of hydrogen-bond acceptors (Lipinski definition) is 11. The number of aliphatic hydroxyl groups excluding tert-OH is 2. The number of aliphatic hydroxyl groups is 2. The van der Waals surface area contributed by atoms with Crippen LogP contribution >= 0.6 is 0 Å². The third-order valence-electron chi connectivity index (χ3n) is 8.07. The monoisotopic (exact) mass is 694 g/mol. The minimum Gasteiger partial charge on any atom is -0.508 e. The number of esters is 2. The van der Waals surface area contributed by atoms with E-state index in [1.54, 1.807) is 63.2 Å². The number of carbonyl (C=O) groups excluding carboxylic acids is 4. The van der Waals surface area contributed by atoms with Crippen molar-refractivity contribution in [2.75, 3.05) is 13.4 Å². The summed E-state index contributed by atoms with van der Waals surface area (Å²) in [5, 5.41) is 35.2. The van der Waals surface area contributed by atoms with E-state index in [-0.39, 0.29) is 42.9 Å². The molecule has 1 fully saturated rings. The van der Waals surface area contributed by atoms with Gasteiger partial charge >= 0.3 is 11.9 Å². The molecule has 0 saturated carbocycles. The lowest BCUT2D eigenvalue weighted by atomic mass is 9.91. The molecule has 6 atom stereocenters. The first-order valence-corrected chi connectivity index (χ1v) is 16.5. The molecule has 0 bridgehead atoms. The van der Waals surface area contributed by atoms with Gasteiger partial charge in [0.1, 0.15) is 42.5 Å². The summed E-state index contributed by atoms with van der Waals surface area (Å²) >= 11 is 0. The van der Waals surface area contributed by atoms with Gasteiger partial charge in [-0.25, -0.2) is 4.79 Å². The van der Waals surface area contributed by atoms with Crippen LogP contribution in [0.3, 0.4) is 0 Å². The van der Waals surface area contributed by atoms with E-state index >= 15 is 0 Å². The number of hydrogen-bond donors (Lipinski definition) is 5. The van der Waals surface area contributed by atoms with Gasteiger partial charge in [0.25, 0.3) is 0 Å². The Morgan fingerprint density at radius 2 is 1.76 bits per heavy atom. The van der Waals surface area contributed by atoms with E-state index in [1.807, 2.05) is 24.3 Å². The molecule has 4 rings (SSSR count). The Labute approximate surface area is 291 Å². The van der Waals surface area contributed by atoms with Gasteiger partial charge in [0, 0.05) is 18.4 Å². The molecule has 1 heterocycles. The normalized spacial score (nSPS) is 20.6. The molecule has 2 aromatic rings. The Bertz CT molecular complexity index is 1560. The Kier molecular flexibility index (Phi) is 13.3. The van der Waals surface area contributed by atoms with Gasteiger partial charge in [-0.1, -0.05) is 42.5 Å². The number of ether oxygens (including phenoxy) is 4. The molecule has 0 radical (unpaired) electrons. The van der Waals surface area contributed by atoms with Gasteiger partial charge in [-0.15, -0.1) is 0 Å². The number of phenols is 1. The average molecular weight is 695 g/mol. The molecule has 2 amide bonds. The maximum atomic E-state index is 13.4. The number of fused-ring (bicyclic) bond motifs is 1. The zero-order valence-electron chi connectivity index (χ0n) is 28.7. The van der Waals surface area contributed by atoms with E-state index < -0.39 is 72.5 Å². The minimum atomic E-state index is -1.40. The second-order valence-corrected chi connectivity index (χ2v) is 13.3. The highest BCUT2D eigenvalue weighted by atomic mass is 16.7. The molecule has 5 N–H and O–H groups in total. The highest BCUT2D eigenvalue weighted by molar-refractivity contribution is 5.97. The summed E-state index contributed by atoms with van der Waals surface area (Å²) in [6.07, 6.45) is 2.29.